The SMILES string of the molecule is CCN(CCCN(C)C)C1(CN)CCSC1. The molecule has 0 saturated carbocycles. The summed E-state index contributed by atoms with van der Waals surface area (Å²) >= 11 is 2.06. The van der Waals surface area contributed by atoms with Crippen molar-refractivity contribution >= 4 is 11.8 Å². The number of likely N-dealkylation sites (N-methyl/N-ethyl adjacent to an activating group) is 1. The van der Waals surface area contributed by atoms with E-state index in [1.165, 1.54) is 37.4 Å². The standard InChI is InChI=1S/C12H27N3S/c1-4-15(8-5-7-14(2)3)12(10-13)6-9-16-11-12/h4-11,13H2,1-3H3. The zero-order valence-corrected chi connectivity index (χ0v) is 11.9. The van der Waals surface area contributed by atoms with Gasteiger partial charge in [0.05, 0.1) is 0 Å². The van der Waals surface area contributed by atoms with Crippen LogP contribution in [0, 0.1) is 0 Å². The molecule has 1 atom stereocenters. The molecular formula is C12H27N3S. The number of thioether (sulfide) groups is 1. The molecule has 1 aliphatic heterocycles. The van der Waals surface area contributed by atoms with Gasteiger partial charge in [0, 0.05) is 17.8 Å². The van der Waals surface area contributed by atoms with E-state index in [4.69, 9.17) is 5.73 Å². The van der Waals surface area contributed by atoms with Crippen LogP contribution in [0.1, 0.15) is 19.8 Å². The third-order valence-electron chi connectivity index (χ3n) is 3.55. The molecule has 3 nitrogen and oxygen atoms in total. The van der Waals surface area contributed by atoms with Gasteiger partial charge in [0.25, 0.3) is 0 Å². The maximum Gasteiger partial charge on any atom is 0.0429 e. The average Bonchev–Trinajstić information content (AvgIpc) is 2.73. The van der Waals surface area contributed by atoms with E-state index < -0.39 is 0 Å². The summed E-state index contributed by atoms with van der Waals surface area (Å²) in [5.41, 5.74) is 6.31. The predicted molar refractivity (Wildman–Crippen MR) is 74.1 cm³/mol. The molecule has 2 N–H and O–H groups in total. The van der Waals surface area contributed by atoms with Crippen molar-refractivity contribution in [2.24, 2.45) is 5.73 Å². The van der Waals surface area contributed by atoms with Crippen LogP contribution in [0.15, 0.2) is 0 Å². The molecule has 0 radical (unpaired) electrons. The maximum atomic E-state index is 6.01. The van der Waals surface area contributed by atoms with E-state index in [1.54, 1.807) is 0 Å². The van der Waals surface area contributed by atoms with E-state index >= 15 is 0 Å². The summed E-state index contributed by atoms with van der Waals surface area (Å²) in [7, 11) is 4.28. The molecule has 0 aromatic heterocycles. The average molecular weight is 245 g/mol. The fraction of sp³-hybridized carbons (Fsp3) is 1.00. The van der Waals surface area contributed by atoms with Gasteiger partial charge < -0.3 is 10.6 Å². The Kier molecular flexibility index (Phi) is 6.11. The smallest absolute Gasteiger partial charge is 0.0429 e. The molecule has 0 amide bonds. The van der Waals surface area contributed by atoms with E-state index in [2.05, 4.69) is 42.6 Å². The lowest BCUT2D eigenvalue weighted by atomic mass is 9.96. The maximum absolute atomic E-state index is 6.01. The van der Waals surface area contributed by atoms with Crippen molar-refractivity contribution in [3.63, 3.8) is 0 Å². The van der Waals surface area contributed by atoms with Gasteiger partial charge in [0.15, 0.2) is 0 Å². The van der Waals surface area contributed by atoms with Gasteiger partial charge in [-0.05, 0) is 52.3 Å². The first-order chi connectivity index (χ1) is 7.64. The fourth-order valence-corrected chi connectivity index (χ4v) is 3.94. The highest BCUT2D eigenvalue weighted by molar-refractivity contribution is 7.99. The van der Waals surface area contributed by atoms with Gasteiger partial charge >= 0.3 is 0 Å². The molecule has 1 rings (SSSR count). The Morgan fingerprint density at radius 3 is 2.50 bits per heavy atom. The van der Waals surface area contributed by atoms with E-state index in [0.29, 0.717) is 5.54 Å². The summed E-state index contributed by atoms with van der Waals surface area (Å²) < 4.78 is 0. The largest absolute Gasteiger partial charge is 0.329 e. The van der Waals surface area contributed by atoms with Crippen LogP contribution in [0.3, 0.4) is 0 Å². The van der Waals surface area contributed by atoms with Crippen LogP contribution in [-0.4, -0.2) is 67.1 Å². The number of hydrogen-bond acceptors (Lipinski definition) is 4. The van der Waals surface area contributed by atoms with Crippen molar-refractivity contribution in [3.8, 4) is 0 Å². The van der Waals surface area contributed by atoms with Gasteiger partial charge in [0.2, 0.25) is 0 Å². The molecule has 0 spiro atoms. The first-order valence-corrected chi connectivity index (χ1v) is 7.47. The zero-order valence-electron chi connectivity index (χ0n) is 11.0. The topological polar surface area (TPSA) is 32.5 Å². The van der Waals surface area contributed by atoms with Gasteiger partial charge in [-0.1, -0.05) is 6.92 Å². The molecule has 1 aliphatic rings. The first kappa shape index (κ1) is 14.3. The Morgan fingerprint density at radius 1 is 1.31 bits per heavy atom. The normalized spacial score (nSPS) is 25.9. The number of hydrogen-bond donors (Lipinski definition) is 1. The second-order valence-corrected chi connectivity index (χ2v) is 6.07. The van der Waals surface area contributed by atoms with Crippen LogP contribution >= 0.6 is 11.8 Å². The predicted octanol–water partition coefficient (Wildman–Crippen LogP) is 1.09. The second-order valence-electron chi connectivity index (χ2n) is 4.97. The summed E-state index contributed by atoms with van der Waals surface area (Å²) in [6.45, 7) is 6.56. The highest BCUT2D eigenvalue weighted by atomic mass is 32.2. The van der Waals surface area contributed by atoms with E-state index in [9.17, 15) is 0 Å². The van der Waals surface area contributed by atoms with Crippen LogP contribution in [0.5, 0.6) is 0 Å². The molecule has 4 heteroatoms. The van der Waals surface area contributed by atoms with Crippen LogP contribution in [0.2, 0.25) is 0 Å². The van der Waals surface area contributed by atoms with Gasteiger partial charge in [0.1, 0.15) is 0 Å². The van der Waals surface area contributed by atoms with E-state index in [0.717, 1.165) is 13.1 Å². The lowest BCUT2D eigenvalue weighted by molar-refractivity contribution is 0.118. The van der Waals surface area contributed by atoms with Crippen LogP contribution < -0.4 is 5.73 Å². The third kappa shape index (κ3) is 3.62. The summed E-state index contributed by atoms with van der Waals surface area (Å²) in [5.74, 6) is 2.50. The lowest BCUT2D eigenvalue weighted by Crippen LogP contribution is -2.54. The number of nitrogens with zero attached hydrogens (tertiary/aromatic N) is 2. The van der Waals surface area contributed by atoms with Crippen LogP contribution in [-0.2, 0) is 0 Å². The van der Waals surface area contributed by atoms with Crippen molar-refractivity contribution in [2.75, 3.05) is 51.8 Å². The van der Waals surface area contributed by atoms with Crippen molar-refractivity contribution in [2.45, 2.75) is 25.3 Å². The molecular weight excluding hydrogens is 218 g/mol. The minimum absolute atomic E-state index is 0.297. The number of rotatable bonds is 7. The van der Waals surface area contributed by atoms with E-state index in [1.807, 2.05) is 0 Å². The molecule has 1 saturated heterocycles. The Morgan fingerprint density at radius 2 is 2.06 bits per heavy atom. The van der Waals surface area contributed by atoms with Crippen molar-refractivity contribution in [1.82, 2.24) is 9.80 Å². The molecule has 0 bridgehead atoms. The highest BCUT2D eigenvalue weighted by Gasteiger charge is 2.37. The van der Waals surface area contributed by atoms with E-state index in [-0.39, 0.29) is 0 Å². The monoisotopic (exact) mass is 245 g/mol. The molecule has 16 heavy (non-hydrogen) atoms. The Bertz CT molecular complexity index is 191. The Hall–Kier alpha value is 0.230. The fourth-order valence-electron chi connectivity index (χ4n) is 2.44. The second kappa shape index (κ2) is 6.84. The molecule has 0 aromatic carbocycles. The number of nitrogens with two attached hydrogens (primary N) is 1. The summed E-state index contributed by atoms with van der Waals surface area (Å²) in [6.07, 6.45) is 2.51. The van der Waals surface area contributed by atoms with Gasteiger partial charge in [-0.3, -0.25) is 4.90 Å². The zero-order chi connectivity index (χ0) is 12.0. The van der Waals surface area contributed by atoms with Crippen molar-refractivity contribution in [1.29, 1.82) is 0 Å². The molecule has 96 valence electrons. The first-order valence-electron chi connectivity index (χ1n) is 6.32. The molecule has 0 aromatic rings. The van der Waals surface area contributed by atoms with Crippen LogP contribution in [0.25, 0.3) is 0 Å². The summed E-state index contributed by atoms with van der Waals surface area (Å²) in [4.78, 5) is 4.86. The minimum Gasteiger partial charge on any atom is -0.329 e. The molecule has 1 heterocycles. The lowest BCUT2D eigenvalue weighted by Gasteiger charge is -2.39. The quantitative estimate of drug-likeness (QED) is 0.728. The summed E-state index contributed by atoms with van der Waals surface area (Å²) in [6, 6.07) is 0. The van der Waals surface area contributed by atoms with Gasteiger partial charge in [-0.2, -0.15) is 11.8 Å². The van der Waals surface area contributed by atoms with Crippen molar-refractivity contribution in [3.05, 3.63) is 0 Å². The van der Waals surface area contributed by atoms with Crippen molar-refractivity contribution < 1.29 is 0 Å². The summed E-state index contributed by atoms with van der Waals surface area (Å²) in [5, 5.41) is 0. The Balaban J connectivity index is 2.44. The Labute approximate surface area is 105 Å². The third-order valence-corrected chi connectivity index (χ3v) is 4.78. The molecule has 1 unspecified atom stereocenters. The molecule has 1 fully saturated rings. The van der Waals surface area contributed by atoms with Crippen LogP contribution in [0.4, 0.5) is 0 Å². The van der Waals surface area contributed by atoms with Gasteiger partial charge in [-0.25, -0.2) is 0 Å². The molecule has 0 aliphatic carbocycles. The minimum atomic E-state index is 0.297. The van der Waals surface area contributed by atoms with Gasteiger partial charge in [-0.15, -0.1) is 0 Å². The highest BCUT2D eigenvalue weighted by Crippen LogP contribution is 2.32.